The monoisotopic (exact) mass is 453 g/mol. The third-order valence-electron chi connectivity index (χ3n) is 5.68. The third kappa shape index (κ3) is 4.67. The first-order valence-electron chi connectivity index (χ1n) is 10.7. The maximum Gasteiger partial charge on any atom is 0.344 e. The van der Waals surface area contributed by atoms with Gasteiger partial charge < -0.3 is 9.84 Å². The standard InChI is InChI=1S/C24H24ClN3O4/c1-15(24(30)31)32-21-12-11-18(25)13-17(21)14-26-28-22(16-7-3-2-4-8-16)27-20-10-6-5-9-19(20)23(28)29/h5-6,9-16H,2-4,7-8H2,1H3,(H,30,31)/t15-/m0/s1. The van der Waals surface area contributed by atoms with Crippen molar-refractivity contribution in [2.24, 2.45) is 5.10 Å². The number of fused-ring (bicyclic) bond motifs is 1. The molecule has 1 heterocycles. The van der Waals surface area contributed by atoms with E-state index in [0.717, 1.165) is 25.7 Å². The Balaban J connectivity index is 1.80. The molecule has 1 aliphatic rings. The molecule has 1 aromatic heterocycles. The number of aliphatic carboxylic acids is 1. The second kappa shape index (κ2) is 9.53. The van der Waals surface area contributed by atoms with Crippen molar-refractivity contribution in [1.82, 2.24) is 9.66 Å². The maximum atomic E-state index is 13.3. The molecule has 0 bridgehead atoms. The number of benzene rings is 2. The van der Waals surface area contributed by atoms with E-state index >= 15 is 0 Å². The van der Waals surface area contributed by atoms with Crippen LogP contribution in [0.25, 0.3) is 10.9 Å². The van der Waals surface area contributed by atoms with Gasteiger partial charge in [0.25, 0.3) is 5.56 Å². The van der Waals surface area contributed by atoms with Gasteiger partial charge >= 0.3 is 5.97 Å². The molecule has 1 saturated carbocycles. The van der Waals surface area contributed by atoms with Crippen molar-refractivity contribution in [3.05, 3.63) is 69.2 Å². The van der Waals surface area contributed by atoms with Gasteiger partial charge in [-0.1, -0.05) is 43.0 Å². The van der Waals surface area contributed by atoms with Gasteiger partial charge in [-0.2, -0.15) is 9.78 Å². The van der Waals surface area contributed by atoms with Gasteiger partial charge in [-0.15, -0.1) is 0 Å². The molecule has 3 aromatic rings. The SMILES string of the molecule is C[C@H](Oc1ccc(Cl)cc1C=Nn1c(C2CCCCC2)nc2ccccc2c1=O)C(=O)O. The molecule has 4 rings (SSSR count). The number of hydrogen-bond donors (Lipinski definition) is 1. The van der Waals surface area contributed by atoms with Gasteiger partial charge in [-0.3, -0.25) is 4.79 Å². The molecule has 0 saturated heterocycles. The van der Waals surface area contributed by atoms with Crippen LogP contribution in [0, 0.1) is 0 Å². The summed E-state index contributed by atoms with van der Waals surface area (Å²) >= 11 is 6.15. The minimum Gasteiger partial charge on any atom is -0.479 e. The van der Waals surface area contributed by atoms with E-state index in [9.17, 15) is 14.7 Å². The zero-order valence-electron chi connectivity index (χ0n) is 17.7. The van der Waals surface area contributed by atoms with Gasteiger partial charge in [-0.05, 0) is 50.1 Å². The smallest absolute Gasteiger partial charge is 0.344 e. The van der Waals surface area contributed by atoms with Crippen LogP contribution in [0.2, 0.25) is 5.02 Å². The molecule has 1 N–H and O–H groups in total. The van der Waals surface area contributed by atoms with Crippen LogP contribution in [-0.2, 0) is 4.79 Å². The minimum absolute atomic E-state index is 0.153. The molecular formula is C24H24ClN3O4. The Bertz CT molecular complexity index is 1230. The fourth-order valence-electron chi connectivity index (χ4n) is 3.97. The third-order valence-corrected chi connectivity index (χ3v) is 5.92. The topological polar surface area (TPSA) is 93.8 Å². The summed E-state index contributed by atoms with van der Waals surface area (Å²) in [5.74, 6) is 0.0276. The van der Waals surface area contributed by atoms with Gasteiger partial charge in [0.05, 0.1) is 17.1 Å². The number of nitrogens with zero attached hydrogens (tertiary/aromatic N) is 3. The van der Waals surface area contributed by atoms with E-state index in [2.05, 4.69) is 5.10 Å². The summed E-state index contributed by atoms with van der Waals surface area (Å²) in [6.45, 7) is 1.44. The lowest BCUT2D eigenvalue weighted by atomic mass is 9.88. The Kier molecular flexibility index (Phi) is 6.55. The maximum absolute atomic E-state index is 13.3. The molecule has 2 aromatic carbocycles. The highest BCUT2D eigenvalue weighted by atomic mass is 35.5. The molecule has 8 heteroatoms. The number of para-hydroxylation sites is 1. The molecule has 7 nitrogen and oxygen atoms in total. The van der Waals surface area contributed by atoms with E-state index in [4.69, 9.17) is 21.3 Å². The second-order valence-corrected chi connectivity index (χ2v) is 8.40. The molecule has 1 fully saturated rings. The lowest BCUT2D eigenvalue weighted by molar-refractivity contribution is -0.144. The van der Waals surface area contributed by atoms with Crippen LogP contribution in [0.15, 0.2) is 52.4 Å². The highest BCUT2D eigenvalue weighted by Gasteiger charge is 2.22. The summed E-state index contributed by atoms with van der Waals surface area (Å²) in [5, 5.41) is 14.6. The first-order valence-corrected chi connectivity index (χ1v) is 11.1. The molecule has 32 heavy (non-hydrogen) atoms. The lowest BCUT2D eigenvalue weighted by Gasteiger charge is -2.22. The Morgan fingerprint density at radius 1 is 1.25 bits per heavy atom. The average molecular weight is 454 g/mol. The van der Waals surface area contributed by atoms with Crippen molar-refractivity contribution >= 4 is 34.7 Å². The number of carboxylic acids is 1. The van der Waals surface area contributed by atoms with E-state index in [1.54, 1.807) is 30.3 Å². The van der Waals surface area contributed by atoms with E-state index in [1.165, 1.54) is 24.2 Å². The number of ether oxygens (including phenoxy) is 1. The van der Waals surface area contributed by atoms with E-state index in [-0.39, 0.29) is 11.5 Å². The van der Waals surface area contributed by atoms with Crippen LogP contribution < -0.4 is 10.3 Å². The summed E-state index contributed by atoms with van der Waals surface area (Å²) in [6, 6.07) is 12.1. The van der Waals surface area contributed by atoms with Crippen molar-refractivity contribution in [2.75, 3.05) is 0 Å². The lowest BCUT2D eigenvalue weighted by Crippen LogP contribution is -2.25. The van der Waals surface area contributed by atoms with Crippen LogP contribution in [-0.4, -0.2) is 33.1 Å². The zero-order valence-corrected chi connectivity index (χ0v) is 18.5. The van der Waals surface area contributed by atoms with E-state index in [0.29, 0.717) is 33.1 Å². The Morgan fingerprint density at radius 3 is 2.75 bits per heavy atom. The van der Waals surface area contributed by atoms with Crippen molar-refractivity contribution in [1.29, 1.82) is 0 Å². The van der Waals surface area contributed by atoms with Crippen LogP contribution in [0.3, 0.4) is 0 Å². The fourth-order valence-corrected chi connectivity index (χ4v) is 4.15. The molecule has 166 valence electrons. The average Bonchev–Trinajstić information content (AvgIpc) is 2.80. The molecule has 0 aliphatic heterocycles. The normalized spacial score (nSPS) is 15.8. The van der Waals surface area contributed by atoms with Gasteiger partial charge in [0, 0.05) is 16.5 Å². The summed E-state index contributed by atoms with van der Waals surface area (Å²) < 4.78 is 6.91. The van der Waals surface area contributed by atoms with E-state index < -0.39 is 12.1 Å². The van der Waals surface area contributed by atoms with Crippen LogP contribution in [0.4, 0.5) is 0 Å². The van der Waals surface area contributed by atoms with Crippen molar-refractivity contribution in [2.45, 2.75) is 51.0 Å². The molecular weight excluding hydrogens is 430 g/mol. The Morgan fingerprint density at radius 2 is 2.00 bits per heavy atom. The highest BCUT2D eigenvalue weighted by Crippen LogP contribution is 2.32. The van der Waals surface area contributed by atoms with Crippen LogP contribution in [0.1, 0.15) is 56.3 Å². The van der Waals surface area contributed by atoms with Gasteiger partial charge in [0.2, 0.25) is 0 Å². The molecule has 0 spiro atoms. The minimum atomic E-state index is -1.09. The predicted octanol–water partition coefficient (Wildman–Crippen LogP) is 4.83. The fraction of sp³-hybridized carbons (Fsp3) is 0.333. The molecule has 1 atom stereocenters. The number of hydrogen-bond acceptors (Lipinski definition) is 5. The molecule has 0 unspecified atom stereocenters. The van der Waals surface area contributed by atoms with E-state index in [1.807, 2.05) is 12.1 Å². The summed E-state index contributed by atoms with van der Waals surface area (Å²) in [6.07, 6.45) is 5.71. The zero-order chi connectivity index (χ0) is 22.7. The van der Waals surface area contributed by atoms with Crippen LogP contribution >= 0.6 is 11.6 Å². The first-order chi connectivity index (χ1) is 15.4. The summed E-state index contributed by atoms with van der Waals surface area (Å²) in [5.41, 5.74) is 0.891. The van der Waals surface area contributed by atoms with Crippen molar-refractivity contribution in [3.8, 4) is 5.75 Å². The first kappa shape index (κ1) is 22.0. The number of carboxylic acid groups (broad SMARTS) is 1. The van der Waals surface area contributed by atoms with Crippen molar-refractivity contribution in [3.63, 3.8) is 0 Å². The van der Waals surface area contributed by atoms with Gasteiger partial charge in [0.15, 0.2) is 6.10 Å². The number of aromatic nitrogens is 2. The van der Waals surface area contributed by atoms with Crippen molar-refractivity contribution < 1.29 is 14.6 Å². The summed E-state index contributed by atoms with van der Waals surface area (Å²) in [4.78, 5) is 29.3. The largest absolute Gasteiger partial charge is 0.479 e. The van der Waals surface area contributed by atoms with Gasteiger partial charge in [-0.25, -0.2) is 9.78 Å². The second-order valence-electron chi connectivity index (χ2n) is 7.96. The number of carbonyl (C=O) groups is 1. The Labute approximate surface area is 190 Å². The predicted molar refractivity (Wildman–Crippen MR) is 124 cm³/mol. The summed E-state index contributed by atoms with van der Waals surface area (Å²) in [7, 11) is 0. The Hall–Kier alpha value is -3.19. The number of halogens is 1. The van der Waals surface area contributed by atoms with Crippen LogP contribution in [0.5, 0.6) is 5.75 Å². The highest BCUT2D eigenvalue weighted by molar-refractivity contribution is 6.30. The quantitative estimate of drug-likeness (QED) is 0.539. The molecule has 0 amide bonds. The molecule has 0 radical (unpaired) electrons. The number of rotatable bonds is 6. The molecule has 1 aliphatic carbocycles. The van der Waals surface area contributed by atoms with Gasteiger partial charge in [0.1, 0.15) is 11.6 Å².